The quantitative estimate of drug-likeness (QED) is 0.452. The van der Waals surface area contributed by atoms with Gasteiger partial charge in [-0.15, -0.1) is 11.8 Å². The van der Waals surface area contributed by atoms with Crippen LogP contribution in [0.5, 0.6) is 0 Å². The second-order valence-corrected chi connectivity index (χ2v) is 6.02. The lowest BCUT2D eigenvalue weighted by Gasteiger charge is -2.20. The summed E-state index contributed by atoms with van der Waals surface area (Å²) in [6.07, 6.45) is 1.98. The van der Waals surface area contributed by atoms with E-state index >= 15 is 0 Å². The number of benzene rings is 1. The Bertz CT molecular complexity index is 659. The molecule has 0 unspecified atom stereocenters. The number of hydrogen-bond acceptors (Lipinski definition) is 5. The maximum atomic E-state index is 12.2. The number of urea groups is 1. The van der Waals surface area contributed by atoms with Gasteiger partial charge in [-0.25, -0.2) is 9.69 Å². The van der Waals surface area contributed by atoms with Crippen LogP contribution in [-0.2, 0) is 20.9 Å². The summed E-state index contributed by atoms with van der Waals surface area (Å²) in [6, 6.07) is 6.97. The summed E-state index contributed by atoms with van der Waals surface area (Å²) in [6.45, 7) is -0.0827. The largest absolute Gasteiger partial charge is 0.340 e. The van der Waals surface area contributed by atoms with Gasteiger partial charge >= 0.3 is 17.8 Å². The fourth-order valence-corrected chi connectivity index (χ4v) is 2.51. The summed E-state index contributed by atoms with van der Waals surface area (Å²) in [4.78, 5) is 50.9. The van der Waals surface area contributed by atoms with Gasteiger partial charge in [-0.3, -0.25) is 19.3 Å². The molecule has 0 spiro atoms. The summed E-state index contributed by atoms with van der Waals surface area (Å²) in [5.74, 6) is -2.30. The smallest absolute Gasteiger partial charge is 0.334 e. The van der Waals surface area contributed by atoms with Crippen molar-refractivity contribution in [1.82, 2.24) is 14.7 Å². The molecule has 1 aliphatic heterocycles. The molecule has 0 bridgehead atoms. The molecule has 1 heterocycles. The highest BCUT2D eigenvalue weighted by atomic mass is 32.2. The number of thioether (sulfide) groups is 1. The van der Waals surface area contributed by atoms with Crippen LogP contribution in [0.1, 0.15) is 5.56 Å². The summed E-state index contributed by atoms with van der Waals surface area (Å²) in [5.41, 5.74) is 0.936. The van der Waals surface area contributed by atoms with Crippen molar-refractivity contribution in [3.8, 4) is 0 Å². The molecule has 0 N–H and O–H groups in total. The fraction of sp³-hybridized carbons (Fsp3) is 0.333. The van der Waals surface area contributed by atoms with Crippen molar-refractivity contribution < 1.29 is 19.2 Å². The summed E-state index contributed by atoms with van der Waals surface area (Å²) >= 11 is 1.63. The summed E-state index contributed by atoms with van der Waals surface area (Å²) < 4.78 is 0. The number of carbonyl (C=O) groups is 4. The van der Waals surface area contributed by atoms with Gasteiger partial charge in [-0.05, 0) is 24.0 Å². The number of imide groups is 2. The molecule has 1 aromatic carbocycles. The Hall–Kier alpha value is -2.35. The van der Waals surface area contributed by atoms with Crippen LogP contribution in [0.25, 0.3) is 0 Å². The first-order valence-electron chi connectivity index (χ1n) is 6.85. The zero-order valence-corrected chi connectivity index (χ0v) is 13.9. The second kappa shape index (κ2) is 6.82. The Labute approximate surface area is 138 Å². The molecular weight excluding hydrogens is 318 g/mol. The molecule has 7 nitrogen and oxygen atoms in total. The van der Waals surface area contributed by atoms with Gasteiger partial charge in [0.2, 0.25) is 5.91 Å². The van der Waals surface area contributed by atoms with E-state index in [-0.39, 0.29) is 0 Å². The van der Waals surface area contributed by atoms with Crippen molar-refractivity contribution in [3.63, 3.8) is 0 Å². The summed E-state index contributed by atoms with van der Waals surface area (Å²) in [7, 11) is 2.80. The minimum absolute atomic E-state index is 0.355. The predicted molar refractivity (Wildman–Crippen MR) is 84.6 cm³/mol. The molecule has 5 amide bonds. The molecule has 0 aromatic heterocycles. The van der Waals surface area contributed by atoms with Crippen LogP contribution in [0.15, 0.2) is 29.2 Å². The minimum atomic E-state index is -0.969. The molecule has 0 radical (unpaired) electrons. The Morgan fingerprint density at radius 1 is 1.13 bits per heavy atom. The first-order valence-corrected chi connectivity index (χ1v) is 8.08. The van der Waals surface area contributed by atoms with E-state index in [1.54, 1.807) is 18.8 Å². The van der Waals surface area contributed by atoms with E-state index in [1.807, 2.05) is 30.5 Å². The highest BCUT2D eigenvalue weighted by molar-refractivity contribution is 7.98. The molecule has 2 rings (SSSR count). The van der Waals surface area contributed by atoms with Crippen LogP contribution in [0.2, 0.25) is 0 Å². The number of likely N-dealkylation sites (N-methyl/N-ethyl adjacent to an activating group) is 2. The van der Waals surface area contributed by atoms with Crippen LogP contribution < -0.4 is 0 Å². The van der Waals surface area contributed by atoms with Crippen molar-refractivity contribution in [3.05, 3.63) is 29.8 Å². The van der Waals surface area contributed by atoms with Crippen molar-refractivity contribution in [2.45, 2.75) is 11.4 Å². The van der Waals surface area contributed by atoms with Gasteiger partial charge in [-0.1, -0.05) is 12.1 Å². The maximum absolute atomic E-state index is 12.2. The first kappa shape index (κ1) is 17.0. The van der Waals surface area contributed by atoms with Crippen molar-refractivity contribution in [2.24, 2.45) is 0 Å². The second-order valence-electron chi connectivity index (χ2n) is 5.14. The number of rotatable bonds is 5. The third kappa shape index (κ3) is 3.53. The molecule has 1 aromatic rings. The Morgan fingerprint density at radius 3 is 2.22 bits per heavy atom. The molecular formula is C15H17N3O4S. The van der Waals surface area contributed by atoms with E-state index in [0.29, 0.717) is 16.3 Å². The molecule has 8 heteroatoms. The van der Waals surface area contributed by atoms with Gasteiger partial charge in [0.15, 0.2) is 0 Å². The Kier molecular flexibility index (Phi) is 5.05. The molecule has 0 atom stereocenters. The molecule has 1 saturated heterocycles. The first-order chi connectivity index (χ1) is 10.8. The van der Waals surface area contributed by atoms with E-state index < -0.39 is 30.3 Å². The maximum Gasteiger partial charge on any atom is 0.334 e. The van der Waals surface area contributed by atoms with Crippen LogP contribution in [-0.4, -0.2) is 65.3 Å². The van der Waals surface area contributed by atoms with E-state index in [2.05, 4.69) is 0 Å². The van der Waals surface area contributed by atoms with Crippen LogP contribution in [0.3, 0.4) is 0 Å². The molecule has 0 aliphatic carbocycles. The lowest BCUT2D eigenvalue weighted by Crippen LogP contribution is -2.41. The van der Waals surface area contributed by atoms with Gasteiger partial charge in [-0.2, -0.15) is 0 Å². The molecule has 0 saturated carbocycles. The standard InChI is InChI=1S/C15H17N3O4S/c1-16(8-10-4-6-11(23-3)7-5-10)12(19)9-18-14(21)13(20)17(2)15(18)22/h4-7H,8-9H2,1-3H3. The number of carbonyl (C=O) groups excluding carboxylic acids is 4. The third-order valence-corrected chi connectivity index (χ3v) is 4.29. The number of amides is 5. The number of hydrogen-bond donors (Lipinski definition) is 0. The highest BCUT2D eigenvalue weighted by Crippen LogP contribution is 2.16. The molecule has 23 heavy (non-hydrogen) atoms. The normalized spacial score (nSPS) is 14.7. The molecule has 1 aliphatic rings. The van der Waals surface area contributed by atoms with Crippen molar-refractivity contribution in [1.29, 1.82) is 0 Å². The summed E-state index contributed by atoms with van der Waals surface area (Å²) in [5, 5.41) is 0. The average Bonchev–Trinajstić information content (AvgIpc) is 2.73. The van der Waals surface area contributed by atoms with E-state index in [4.69, 9.17) is 0 Å². The zero-order valence-electron chi connectivity index (χ0n) is 13.1. The van der Waals surface area contributed by atoms with Gasteiger partial charge < -0.3 is 4.90 Å². The van der Waals surface area contributed by atoms with Gasteiger partial charge in [0, 0.05) is 25.5 Å². The van der Waals surface area contributed by atoms with Gasteiger partial charge in [0.1, 0.15) is 6.54 Å². The van der Waals surface area contributed by atoms with Gasteiger partial charge in [0.05, 0.1) is 0 Å². The SMILES string of the molecule is CSc1ccc(CN(C)C(=O)CN2C(=O)C(=O)N(C)C2=O)cc1. The van der Waals surface area contributed by atoms with Crippen molar-refractivity contribution in [2.75, 3.05) is 26.9 Å². The number of nitrogens with zero attached hydrogens (tertiary/aromatic N) is 3. The zero-order chi connectivity index (χ0) is 17.1. The fourth-order valence-electron chi connectivity index (χ4n) is 2.10. The van der Waals surface area contributed by atoms with Crippen LogP contribution in [0.4, 0.5) is 4.79 Å². The average molecular weight is 335 g/mol. The lowest BCUT2D eigenvalue weighted by atomic mass is 10.2. The van der Waals surface area contributed by atoms with E-state index in [9.17, 15) is 19.2 Å². The molecule has 1 fully saturated rings. The Morgan fingerprint density at radius 2 is 1.74 bits per heavy atom. The van der Waals surface area contributed by atoms with E-state index in [1.165, 1.54) is 11.9 Å². The third-order valence-electron chi connectivity index (χ3n) is 3.55. The highest BCUT2D eigenvalue weighted by Gasteiger charge is 2.43. The van der Waals surface area contributed by atoms with E-state index in [0.717, 1.165) is 10.5 Å². The Balaban J connectivity index is 1.98. The monoisotopic (exact) mass is 335 g/mol. The van der Waals surface area contributed by atoms with Crippen LogP contribution in [0, 0.1) is 0 Å². The van der Waals surface area contributed by atoms with Crippen molar-refractivity contribution >= 4 is 35.5 Å². The topological polar surface area (TPSA) is 78.0 Å². The van der Waals surface area contributed by atoms with Gasteiger partial charge in [0.25, 0.3) is 0 Å². The molecule has 122 valence electrons. The lowest BCUT2D eigenvalue weighted by molar-refractivity contribution is -0.144. The predicted octanol–water partition coefficient (Wildman–Crippen LogP) is 0.788. The minimum Gasteiger partial charge on any atom is -0.340 e. The van der Waals surface area contributed by atoms with Crippen LogP contribution >= 0.6 is 11.8 Å².